The number of ether oxygens (including phenoxy) is 3. The highest BCUT2D eigenvalue weighted by atomic mass is 35.5. The Hall–Kier alpha value is -2.97. The van der Waals surface area contributed by atoms with Gasteiger partial charge in [-0.2, -0.15) is 0 Å². The largest absolute Gasteiger partial charge is 0.496 e. The summed E-state index contributed by atoms with van der Waals surface area (Å²) >= 11 is 6.59. The molecular weight excluding hydrogens is 418 g/mol. The Balaban J connectivity index is 1.57. The van der Waals surface area contributed by atoms with E-state index < -0.39 is 11.1 Å². The lowest BCUT2D eigenvalue weighted by atomic mass is 10.1. The Kier molecular flexibility index (Phi) is 5.21. The van der Waals surface area contributed by atoms with Crippen molar-refractivity contribution in [2.75, 3.05) is 20.4 Å². The Morgan fingerprint density at radius 1 is 1.21 bits per heavy atom. The summed E-state index contributed by atoms with van der Waals surface area (Å²) in [6, 6.07) is 9.59. The molecule has 2 aromatic rings. The molecule has 148 valence electrons. The molecule has 2 aliphatic heterocycles. The van der Waals surface area contributed by atoms with E-state index in [0.29, 0.717) is 33.4 Å². The summed E-state index contributed by atoms with van der Waals surface area (Å²) in [5.74, 6) is 0.640. The lowest BCUT2D eigenvalue weighted by Crippen LogP contribution is -2.33. The number of thioether (sulfide) groups is 1. The fourth-order valence-corrected chi connectivity index (χ4v) is 3.83. The zero-order valence-electron chi connectivity index (χ0n) is 15.1. The number of methoxy groups -OCH3 is 1. The van der Waals surface area contributed by atoms with E-state index in [4.69, 9.17) is 25.8 Å². The molecule has 2 heterocycles. The molecule has 1 fully saturated rings. The predicted octanol–water partition coefficient (Wildman–Crippen LogP) is 4.00. The molecule has 7 nitrogen and oxygen atoms in total. The fraction of sp³-hybridized carbons (Fsp3) is 0.150. The van der Waals surface area contributed by atoms with Crippen molar-refractivity contribution in [3.8, 4) is 17.2 Å². The lowest BCUT2D eigenvalue weighted by Gasteiger charge is -2.11. The molecule has 4 rings (SSSR count). The average Bonchev–Trinajstić information content (AvgIpc) is 3.27. The second-order valence-electron chi connectivity index (χ2n) is 6.15. The van der Waals surface area contributed by atoms with Crippen LogP contribution >= 0.6 is 23.4 Å². The van der Waals surface area contributed by atoms with Crippen LogP contribution < -0.4 is 14.2 Å². The third kappa shape index (κ3) is 3.81. The van der Waals surface area contributed by atoms with Gasteiger partial charge in [0.2, 0.25) is 6.79 Å². The van der Waals surface area contributed by atoms with Gasteiger partial charge in [-0.25, -0.2) is 0 Å². The number of rotatable bonds is 5. The normalized spacial score (nSPS) is 16.6. The highest BCUT2D eigenvalue weighted by Gasteiger charge is 2.36. The highest BCUT2D eigenvalue weighted by molar-refractivity contribution is 8.18. The SMILES string of the molecule is COc1cc2c(cc1/C=C1\SC(=O)N(CC(=O)c3ccc(Cl)cc3)C1=O)OCO2. The van der Waals surface area contributed by atoms with Crippen molar-refractivity contribution in [3.63, 3.8) is 0 Å². The van der Waals surface area contributed by atoms with Crippen molar-refractivity contribution in [1.29, 1.82) is 0 Å². The zero-order valence-corrected chi connectivity index (χ0v) is 16.7. The van der Waals surface area contributed by atoms with Crippen molar-refractivity contribution in [2.24, 2.45) is 0 Å². The number of hydrogen-bond donors (Lipinski definition) is 0. The van der Waals surface area contributed by atoms with E-state index in [-0.39, 0.29) is 24.0 Å². The molecule has 9 heteroatoms. The third-order valence-electron chi connectivity index (χ3n) is 4.35. The van der Waals surface area contributed by atoms with Crippen LogP contribution in [0.4, 0.5) is 4.79 Å². The number of benzene rings is 2. The van der Waals surface area contributed by atoms with E-state index in [1.165, 1.54) is 7.11 Å². The number of nitrogens with zero attached hydrogens (tertiary/aromatic N) is 1. The average molecular weight is 432 g/mol. The van der Waals surface area contributed by atoms with Crippen LogP contribution in [0.25, 0.3) is 6.08 Å². The van der Waals surface area contributed by atoms with E-state index in [1.54, 1.807) is 42.5 Å². The number of Topliss-reactive ketones (excluding diaryl/α,β-unsaturated/α-hetero) is 1. The van der Waals surface area contributed by atoms with Gasteiger partial charge in [-0.3, -0.25) is 19.3 Å². The van der Waals surface area contributed by atoms with E-state index in [9.17, 15) is 14.4 Å². The standard InChI is InChI=1S/C20H14ClNO6S/c1-26-15-8-17-16(27-10-28-17)6-12(15)7-18-19(24)22(20(25)29-18)9-14(23)11-2-4-13(21)5-3-11/h2-8H,9-10H2,1H3/b18-7-. The Morgan fingerprint density at radius 2 is 1.90 bits per heavy atom. The van der Waals surface area contributed by atoms with Gasteiger partial charge in [0.05, 0.1) is 18.6 Å². The summed E-state index contributed by atoms with van der Waals surface area (Å²) in [5, 5.41) is -0.0170. The first kappa shape index (κ1) is 19.4. The summed E-state index contributed by atoms with van der Waals surface area (Å²) in [5.41, 5.74) is 0.932. The summed E-state index contributed by atoms with van der Waals surface area (Å²) in [6.07, 6.45) is 1.54. The Morgan fingerprint density at radius 3 is 2.59 bits per heavy atom. The lowest BCUT2D eigenvalue weighted by molar-refractivity contribution is -0.122. The number of carbonyl (C=O) groups is 3. The minimum atomic E-state index is -0.540. The van der Waals surface area contributed by atoms with Crippen LogP contribution in [0.2, 0.25) is 5.02 Å². The molecule has 2 aromatic carbocycles. The van der Waals surface area contributed by atoms with Gasteiger partial charge in [0.25, 0.3) is 11.1 Å². The molecule has 0 saturated carbocycles. The van der Waals surface area contributed by atoms with Crippen LogP contribution in [0.15, 0.2) is 41.3 Å². The molecular formula is C20H14ClNO6S. The van der Waals surface area contributed by atoms with Crippen LogP contribution in [0.5, 0.6) is 17.2 Å². The molecule has 2 amide bonds. The first-order chi connectivity index (χ1) is 14.0. The molecule has 0 bridgehead atoms. The number of imide groups is 1. The van der Waals surface area contributed by atoms with E-state index in [0.717, 1.165) is 16.7 Å². The Labute approximate surface area is 175 Å². The summed E-state index contributed by atoms with van der Waals surface area (Å²) in [7, 11) is 1.49. The quantitative estimate of drug-likeness (QED) is 0.522. The van der Waals surface area contributed by atoms with E-state index >= 15 is 0 Å². The number of amides is 2. The molecule has 0 atom stereocenters. The van der Waals surface area contributed by atoms with Gasteiger partial charge >= 0.3 is 0 Å². The van der Waals surface area contributed by atoms with Crippen molar-refractivity contribution in [3.05, 3.63) is 57.5 Å². The van der Waals surface area contributed by atoms with Crippen molar-refractivity contribution in [1.82, 2.24) is 4.90 Å². The third-order valence-corrected chi connectivity index (χ3v) is 5.51. The predicted molar refractivity (Wildman–Crippen MR) is 108 cm³/mol. The van der Waals surface area contributed by atoms with Gasteiger partial charge in [0.1, 0.15) is 5.75 Å². The van der Waals surface area contributed by atoms with Crippen molar-refractivity contribution < 1.29 is 28.6 Å². The topological polar surface area (TPSA) is 82.1 Å². The second kappa shape index (κ2) is 7.81. The fourth-order valence-electron chi connectivity index (χ4n) is 2.88. The van der Waals surface area contributed by atoms with Crippen LogP contribution in [0.1, 0.15) is 15.9 Å². The minimum absolute atomic E-state index is 0.102. The minimum Gasteiger partial charge on any atom is -0.496 e. The van der Waals surface area contributed by atoms with Gasteiger partial charge in [-0.15, -0.1) is 0 Å². The monoisotopic (exact) mass is 431 g/mol. The number of ketones is 1. The summed E-state index contributed by atoms with van der Waals surface area (Å²) in [6.45, 7) is -0.243. The highest BCUT2D eigenvalue weighted by Crippen LogP contribution is 2.41. The van der Waals surface area contributed by atoms with Crippen LogP contribution in [0.3, 0.4) is 0 Å². The maximum absolute atomic E-state index is 12.7. The number of halogens is 1. The van der Waals surface area contributed by atoms with E-state index in [2.05, 4.69) is 0 Å². The van der Waals surface area contributed by atoms with Gasteiger partial charge in [0.15, 0.2) is 17.3 Å². The van der Waals surface area contributed by atoms with E-state index in [1.807, 2.05) is 0 Å². The van der Waals surface area contributed by atoms with Crippen LogP contribution in [-0.2, 0) is 4.79 Å². The van der Waals surface area contributed by atoms with Crippen LogP contribution in [0, 0.1) is 0 Å². The van der Waals surface area contributed by atoms with Gasteiger partial charge in [-0.05, 0) is 48.2 Å². The molecule has 2 aliphatic rings. The molecule has 0 aliphatic carbocycles. The maximum atomic E-state index is 12.7. The van der Waals surface area contributed by atoms with Gasteiger partial charge in [-0.1, -0.05) is 11.6 Å². The van der Waals surface area contributed by atoms with Gasteiger partial charge in [0, 0.05) is 22.2 Å². The summed E-state index contributed by atoms with van der Waals surface area (Å²) < 4.78 is 16.0. The molecule has 0 unspecified atom stereocenters. The molecule has 1 saturated heterocycles. The molecule has 0 radical (unpaired) electrons. The second-order valence-corrected chi connectivity index (χ2v) is 7.57. The van der Waals surface area contributed by atoms with Crippen molar-refractivity contribution in [2.45, 2.75) is 0 Å². The molecule has 0 aromatic heterocycles. The smallest absolute Gasteiger partial charge is 0.293 e. The molecule has 29 heavy (non-hydrogen) atoms. The number of fused-ring (bicyclic) bond motifs is 1. The summed E-state index contributed by atoms with van der Waals surface area (Å²) in [4.78, 5) is 38.6. The molecule has 0 spiro atoms. The molecule has 0 N–H and O–H groups in total. The number of carbonyl (C=O) groups excluding carboxylic acids is 3. The maximum Gasteiger partial charge on any atom is 0.293 e. The Bertz CT molecular complexity index is 1050. The zero-order chi connectivity index (χ0) is 20.5. The van der Waals surface area contributed by atoms with Crippen molar-refractivity contribution >= 4 is 46.4 Å². The number of hydrogen-bond acceptors (Lipinski definition) is 7. The first-order valence-corrected chi connectivity index (χ1v) is 9.67. The van der Waals surface area contributed by atoms with Crippen LogP contribution in [-0.4, -0.2) is 42.3 Å². The first-order valence-electron chi connectivity index (χ1n) is 8.48. The van der Waals surface area contributed by atoms with Gasteiger partial charge < -0.3 is 14.2 Å².